The second-order valence-corrected chi connectivity index (χ2v) is 4.98. The minimum Gasteiger partial charge on any atom is -0.434 e. The summed E-state index contributed by atoms with van der Waals surface area (Å²) in [5.41, 5.74) is 1.25. The molecule has 0 heterocycles. The Kier molecular flexibility index (Phi) is 7.73. The van der Waals surface area contributed by atoms with Crippen molar-refractivity contribution in [2.24, 2.45) is 4.99 Å². The van der Waals surface area contributed by atoms with Gasteiger partial charge in [0.1, 0.15) is 5.75 Å². The molecule has 1 aromatic carbocycles. The van der Waals surface area contributed by atoms with E-state index in [1.165, 1.54) is 6.07 Å². The lowest BCUT2D eigenvalue weighted by Crippen LogP contribution is -2.38. The number of nitrogens with zero attached hydrogens (tertiary/aromatic N) is 1. The molecule has 1 aromatic rings. The van der Waals surface area contributed by atoms with Gasteiger partial charge in [0, 0.05) is 18.7 Å². The minimum atomic E-state index is -4.26. The van der Waals surface area contributed by atoms with Crippen molar-refractivity contribution in [2.75, 3.05) is 13.1 Å². The molecule has 1 rings (SSSR count). The van der Waals surface area contributed by atoms with Gasteiger partial charge in [-0.1, -0.05) is 17.7 Å². The van der Waals surface area contributed by atoms with Crippen LogP contribution >= 0.6 is 0 Å². The Morgan fingerprint density at radius 1 is 1.25 bits per heavy atom. The summed E-state index contributed by atoms with van der Waals surface area (Å²) in [5.74, 6) is 0.164. The summed E-state index contributed by atoms with van der Waals surface area (Å²) in [6, 6.07) is 4.68. The van der Waals surface area contributed by atoms with Gasteiger partial charge >= 0.3 is 12.8 Å². The fourth-order valence-electron chi connectivity index (χ4n) is 1.87. The van der Waals surface area contributed by atoms with Crippen LogP contribution in [-0.2, 0) is 6.54 Å². The molecule has 0 atom stereocenters. The summed E-state index contributed by atoms with van der Waals surface area (Å²) in [4.78, 5) is 4.11. The zero-order valence-electron chi connectivity index (χ0n) is 13.4. The number of aliphatic imine (C=N–C) groups is 1. The average Bonchev–Trinajstić information content (AvgIpc) is 2.45. The van der Waals surface area contributed by atoms with Crippen LogP contribution in [0.4, 0.5) is 22.0 Å². The second kappa shape index (κ2) is 9.29. The number of aryl methyl sites for hydroxylation is 1. The summed E-state index contributed by atoms with van der Waals surface area (Å²) < 4.78 is 65.8. The number of guanidine groups is 1. The van der Waals surface area contributed by atoms with Crippen molar-refractivity contribution in [3.8, 4) is 5.75 Å². The van der Waals surface area contributed by atoms with Crippen LogP contribution < -0.4 is 15.4 Å². The number of halogens is 5. The van der Waals surface area contributed by atoms with Gasteiger partial charge in [-0.05, 0) is 19.9 Å². The molecule has 0 amide bonds. The van der Waals surface area contributed by atoms with Crippen molar-refractivity contribution >= 4 is 5.96 Å². The van der Waals surface area contributed by atoms with E-state index < -0.39 is 19.2 Å². The third-order valence-corrected chi connectivity index (χ3v) is 2.88. The molecule has 0 radical (unpaired) electrons. The van der Waals surface area contributed by atoms with E-state index in [2.05, 4.69) is 20.4 Å². The molecule has 4 nitrogen and oxygen atoms in total. The van der Waals surface area contributed by atoms with Crippen LogP contribution in [0, 0.1) is 6.92 Å². The zero-order chi connectivity index (χ0) is 18.2. The molecule has 136 valence electrons. The van der Waals surface area contributed by atoms with Gasteiger partial charge in [0.05, 0.1) is 13.0 Å². The Morgan fingerprint density at radius 3 is 2.54 bits per heavy atom. The van der Waals surface area contributed by atoms with E-state index in [-0.39, 0.29) is 24.8 Å². The van der Waals surface area contributed by atoms with Gasteiger partial charge in [-0.2, -0.15) is 22.0 Å². The highest BCUT2D eigenvalue weighted by atomic mass is 19.4. The molecule has 0 fully saturated rings. The first-order valence-electron chi connectivity index (χ1n) is 7.34. The van der Waals surface area contributed by atoms with Gasteiger partial charge in [0.15, 0.2) is 5.96 Å². The lowest BCUT2D eigenvalue weighted by atomic mass is 10.1. The summed E-state index contributed by atoms with van der Waals surface area (Å²) in [5, 5.41) is 5.35. The molecule has 0 unspecified atom stereocenters. The number of ether oxygens (including phenoxy) is 1. The molecule has 0 aromatic heterocycles. The molecule has 0 spiro atoms. The number of rotatable bonds is 7. The van der Waals surface area contributed by atoms with Crippen LogP contribution in [0.3, 0.4) is 0 Å². The van der Waals surface area contributed by atoms with E-state index >= 15 is 0 Å². The van der Waals surface area contributed by atoms with Crippen LogP contribution in [0.2, 0.25) is 0 Å². The van der Waals surface area contributed by atoms with Crippen molar-refractivity contribution in [2.45, 2.75) is 39.6 Å². The van der Waals surface area contributed by atoms with Crippen LogP contribution in [-0.4, -0.2) is 31.8 Å². The van der Waals surface area contributed by atoms with Crippen molar-refractivity contribution in [1.82, 2.24) is 10.6 Å². The third kappa shape index (κ3) is 7.98. The van der Waals surface area contributed by atoms with E-state index in [9.17, 15) is 22.0 Å². The van der Waals surface area contributed by atoms with Crippen LogP contribution in [0.1, 0.15) is 24.5 Å². The highest BCUT2D eigenvalue weighted by Crippen LogP contribution is 2.23. The predicted molar refractivity (Wildman–Crippen MR) is 81.3 cm³/mol. The van der Waals surface area contributed by atoms with Crippen molar-refractivity contribution in [1.29, 1.82) is 0 Å². The van der Waals surface area contributed by atoms with E-state index in [1.54, 1.807) is 26.0 Å². The molecule has 0 aliphatic heterocycles. The molecule has 24 heavy (non-hydrogen) atoms. The maximum Gasteiger partial charge on any atom is 0.390 e. The number of alkyl halides is 5. The smallest absolute Gasteiger partial charge is 0.390 e. The molecular formula is C15H20F5N3O. The lowest BCUT2D eigenvalue weighted by Gasteiger charge is -2.14. The number of hydrogen-bond donors (Lipinski definition) is 2. The van der Waals surface area contributed by atoms with Gasteiger partial charge in [-0.25, -0.2) is 4.99 Å². The molecule has 9 heteroatoms. The van der Waals surface area contributed by atoms with E-state index in [0.717, 1.165) is 5.56 Å². The maximum absolute atomic E-state index is 12.4. The number of benzene rings is 1. The summed E-state index contributed by atoms with van der Waals surface area (Å²) in [6.45, 7) is 0.694. The Labute approximate surface area is 137 Å². The highest BCUT2D eigenvalue weighted by molar-refractivity contribution is 5.79. The fourth-order valence-corrected chi connectivity index (χ4v) is 1.87. The maximum atomic E-state index is 12.4. The highest BCUT2D eigenvalue weighted by Gasteiger charge is 2.26. The van der Waals surface area contributed by atoms with Crippen molar-refractivity contribution in [3.05, 3.63) is 29.3 Å². The minimum absolute atomic E-state index is 0.00881. The first-order valence-corrected chi connectivity index (χ1v) is 7.34. The van der Waals surface area contributed by atoms with Gasteiger partial charge < -0.3 is 15.4 Å². The lowest BCUT2D eigenvalue weighted by molar-refractivity contribution is -0.132. The SMILES string of the molecule is CCNC(=NCc1cc(C)ccc1OC(F)F)NCCC(F)(F)F. The van der Waals surface area contributed by atoms with E-state index in [1.807, 2.05) is 0 Å². The summed E-state index contributed by atoms with van der Waals surface area (Å²) in [6.07, 6.45) is -5.26. The zero-order valence-corrected chi connectivity index (χ0v) is 13.4. The van der Waals surface area contributed by atoms with Crippen molar-refractivity contribution in [3.63, 3.8) is 0 Å². The molecule has 0 saturated heterocycles. The average molecular weight is 353 g/mol. The van der Waals surface area contributed by atoms with Crippen LogP contribution in [0.25, 0.3) is 0 Å². The summed E-state index contributed by atoms with van der Waals surface area (Å²) >= 11 is 0. The van der Waals surface area contributed by atoms with E-state index in [4.69, 9.17) is 0 Å². The van der Waals surface area contributed by atoms with Gasteiger partial charge in [0.2, 0.25) is 0 Å². The van der Waals surface area contributed by atoms with Gasteiger partial charge in [-0.3, -0.25) is 0 Å². The molecule has 2 N–H and O–H groups in total. The first-order chi connectivity index (χ1) is 11.2. The monoisotopic (exact) mass is 353 g/mol. The Hall–Kier alpha value is -2.06. The topological polar surface area (TPSA) is 45.7 Å². The molecule has 0 aliphatic rings. The Bertz CT molecular complexity index is 546. The third-order valence-electron chi connectivity index (χ3n) is 2.88. The van der Waals surface area contributed by atoms with E-state index in [0.29, 0.717) is 12.1 Å². The van der Waals surface area contributed by atoms with Crippen molar-refractivity contribution < 1.29 is 26.7 Å². The summed E-state index contributed by atoms with van der Waals surface area (Å²) in [7, 11) is 0. The van der Waals surface area contributed by atoms with Gasteiger partial charge in [-0.15, -0.1) is 0 Å². The normalized spacial score (nSPS) is 12.4. The molecule has 0 aliphatic carbocycles. The van der Waals surface area contributed by atoms with Gasteiger partial charge in [0.25, 0.3) is 0 Å². The largest absolute Gasteiger partial charge is 0.434 e. The molecule has 0 saturated carbocycles. The van der Waals surface area contributed by atoms with Crippen LogP contribution in [0.15, 0.2) is 23.2 Å². The predicted octanol–water partition coefficient (Wildman–Crippen LogP) is 3.60. The second-order valence-electron chi connectivity index (χ2n) is 4.98. The number of hydrogen-bond acceptors (Lipinski definition) is 2. The quantitative estimate of drug-likeness (QED) is 0.447. The molecule has 0 bridgehead atoms. The Morgan fingerprint density at radius 2 is 1.96 bits per heavy atom. The first kappa shape index (κ1) is 20.0. The Balaban J connectivity index is 2.79. The standard InChI is InChI=1S/C15H20F5N3O/c1-3-21-14(22-7-6-15(18,19)20)23-9-11-8-10(2)4-5-12(11)24-13(16)17/h4-5,8,13H,3,6-7,9H2,1-2H3,(H2,21,22,23). The molecular weight excluding hydrogens is 333 g/mol. The number of nitrogens with one attached hydrogen (secondary N) is 2. The fraction of sp³-hybridized carbons (Fsp3) is 0.533. The van der Waals surface area contributed by atoms with Crippen LogP contribution in [0.5, 0.6) is 5.75 Å².